The Labute approximate surface area is 120 Å². The van der Waals surface area contributed by atoms with Gasteiger partial charge in [0.25, 0.3) is 0 Å². The lowest BCUT2D eigenvalue weighted by atomic mass is 9.77. The van der Waals surface area contributed by atoms with Crippen LogP contribution in [-0.2, 0) is 16.4 Å². The third kappa shape index (κ3) is 1.80. The van der Waals surface area contributed by atoms with E-state index in [1.165, 1.54) is 5.56 Å². The Hall–Kier alpha value is -1.33. The fourth-order valence-corrected chi connectivity index (χ4v) is 2.72. The molecule has 5 heteroatoms. The number of fused-ring (bicyclic) bond motifs is 1. The van der Waals surface area contributed by atoms with E-state index in [0.29, 0.717) is 0 Å². The fourth-order valence-electron chi connectivity index (χ4n) is 2.72. The minimum Gasteiger partial charge on any atom is -0.399 e. The molecule has 0 bridgehead atoms. The van der Waals surface area contributed by atoms with E-state index in [9.17, 15) is 0 Å². The van der Waals surface area contributed by atoms with Gasteiger partial charge in [-0.25, -0.2) is 4.98 Å². The summed E-state index contributed by atoms with van der Waals surface area (Å²) in [6.45, 7) is 10.4. The first-order valence-corrected chi connectivity index (χ1v) is 6.99. The molecular formula is C15H21BN2O2. The van der Waals surface area contributed by atoms with Gasteiger partial charge < -0.3 is 13.9 Å². The standard InChI is InChI=1S/C15H21BN2O2/c1-10-9-18(6)13-12(10)11(7-8-17-13)16-19-14(2,3)15(4,5)20-16/h7-9H,1-6H3. The molecule has 2 aromatic heterocycles. The van der Waals surface area contributed by atoms with E-state index in [4.69, 9.17) is 9.31 Å². The normalized spacial score (nSPS) is 20.8. The van der Waals surface area contributed by atoms with Crippen LogP contribution in [0.1, 0.15) is 33.3 Å². The largest absolute Gasteiger partial charge is 0.495 e. The van der Waals surface area contributed by atoms with Crippen molar-refractivity contribution in [2.75, 3.05) is 0 Å². The summed E-state index contributed by atoms with van der Waals surface area (Å²) in [7, 11) is 1.67. The van der Waals surface area contributed by atoms with E-state index in [-0.39, 0.29) is 18.3 Å². The lowest BCUT2D eigenvalue weighted by Crippen LogP contribution is -2.41. The van der Waals surface area contributed by atoms with E-state index >= 15 is 0 Å². The maximum Gasteiger partial charge on any atom is 0.495 e. The lowest BCUT2D eigenvalue weighted by molar-refractivity contribution is 0.00578. The zero-order valence-electron chi connectivity index (χ0n) is 13.0. The molecule has 0 spiro atoms. The van der Waals surface area contributed by atoms with Crippen molar-refractivity contribution in [3.05, 3.63) is 24.0 Å². The summed E-state index contributed by atoms with van der Waals surface area (Å²) in [5.74, 6) is 0. The molecule has 0 radical (unpaired) electrons. The molecule has 1 fully saturated rings. The number of aryl methyl sites for hydroxylation is 2. The summed E-state index contributed by atoms with van der Waals surface area (Å²) in [6, 6.07) is 2.00. The molecule has 20 heavy (non-hydrogen) atoms. The summed E-state index contributed by atoms with van der Waals surface area (Å²) in [4.78, 5) is 4.46. The smallest absolute Gasteiger partial charge is 0.399 e. The number of hydrogen-bond donors (Lipinski definition) is 0. The highest BCUT2D eigenvalue weighted by Gasteiger charge is 2.52. The Morgan fingerprint density at radius 2 is 1.75 bits per heavy atom. The van der Waals surface area contributed by atoms with Crippen molar-refractivity contribution in [2.45, 2.75) is 45.8 Å². The highest BCUT2D eigenvalue weighted by molar-refractivity contribution is 6.65. The zero-order valence-corrected chi connectivity index (χ0v) is 13.0. The second-order valence-electron chi connectivity index (χ2n) is 6.61. The van der Waals surface area contributed by atoms with Crippen LogP contribution in [-0.4, -0.2) is 27.9 Å². The van der Waals surface area contributed by atoms with Crippen molar-refractivity contribution in [3.8, 4) is 0 Å². The number of hydrogen-bond acceptors (Lipinski definition) is 3. The van der Waals surface area contributed by atoms with Crippen molar-refractivity contribution in [2.24, 2.45) is 7.05 Å². The van der Waals surface area contributed by atoms with Gasteiger partial charge in [-0.2, -0.15) is 0 Å². The summed E-state index contributed by atoms with van der Waals surface area (Å²) < 4.78 is 14.4. The van der Waals surface area contributed by atoms with Crippen molar-refractivity contribution < 1.29 is 9.31 Å². The molecule has 0 saturated carbocycles. The van der Waals surface area contributed by atoms with Gasteiger partial charge in [-0.05, 0) is 51.7 Å². The van der Waals surface area contributed by atoms with Crippen molar-refractivity contribution in [3.63, 3.8) is 0 Å². The first-order chi connectivity index (χ1) is 9.23. The predicted molar refractivity (Wildman–Crippen MR) is 81.2 cm³/mol. The second kappa shape index (κ2) is 4.09. The van der Waals surface area contributed by atoms with Gasteiger partial charge in [-0.1, -0.05) is 0 Å². The van der Waals surface area contributed by atoms with Crippen LogP contribution in [0.3, 0.4) is 0 Å². The van der Waals surface area contributed by atoms with Crippen molar-refractivity contribution in [1.82, 2.24) is 9.55 Å². The Morgan fingerprint density at radius 1 is 1.15 bits per heavy atom. The van der Waals surface area contributed by atoms with Gasteiger partial charge in [-0.3, -0.25) is 0 Å². The molecule has 2 aromatic rings. The highest BCUT2D eigenvalue weighted by atomic mass is 16.7. The minimum absolute atomic E-state index is 0.323. The van der Waals surface area contributed by atoms with Crippen LogP contribution in [0.4, 0.5) is 0 Å². The maximum absolute atomic E-state index is 6.16. The third-order valence-corrected chi connectivity index (χ3v) is 4.59. The van der Waals surface area contributed by atoms with Crippen LogP contribution in [0.2, 0.25) is 0 Å². The Bertz CT molecular complexity index is 660. The molecular weight excluding hydrogens is 251 g/mol. The van der Waals surface area contributed by atoms with Gasteiger partial charge in [0.15, 0.2) is 0 Å². The van der Waals surface area contributed by atoms with Gasteiger partial charge in [0.2, 0.25) is 0 Å². The van der Waals surface area contributed by atoms with Crippen LogP contribution < -0.4 is 5.46 Å². The molecule has 0 aromatic carbocycles. The predicted octanol–water partition coefficient (Wildman–Crippen LogP) is 2.18. The van der Waals surface area contributed by atoms with E-state index in [0.717, 1.165) is 16.5 Å². The third-order valence-electron chi connectivity index (χ3n) is 4.59. The summed E-state index contributed by atoms with van der Waals surface area (Å²) in [5.41, 5.74) is 2.58. The van der Waals surface area contributed by atoms with Crippen LogP contribution in [0.5, 0.6) is 0 Å². The molecule has 0 N–H and O–H groups in total. The average Bonchev–Trinajstić information content (AvgIpc) is 2.74. The molecule has 3 rings (SSSR count). The van der Waals surface area contributed by atoms with Crippen molar-refractivity contribution in [1.29, 1.82) is 0 Å². The Kier molecular flexibility index (Phi) is 2.79. The highest BCUT2D eigenvalue weighted by Crippen LogP contribution is 2.37. The lowest BCUT2D eigenvalue weighted by Gasteiger charge is -2.32. The van der Waals surface area contributed by atoms with E-state index in [1.807, 2.05) is 23.9 Å². The topological polar surface area (TPSA) is 36.3 Å². The minimum atomic E-state index is -0.341. The molecule has 1 aliphatic heterocycles. The average molecular weight is 272 g/mol. The van der Waals surface area contributed by atoms with Crippen LogP contribution in [0.25, 0.3) is 11.0 Å². The molecule has 0 amide bonds. The maximum atomic E-state index is 6.16. The first-order valence-electron chi connectivity index (χ1n) is 6.99. The summed E-state index contributed by atoms with van der Waals surface area (Å²) >= 11 is 0. The molecule has 3 heterocycles. The van der Waals surface area contributed by atoms with Gasteiger partial charge in [0.1, 0.15) is 5.65 Å². The summed E-state index contributed by atoms with van der Waals surface area (Å²) in [6.07, 6.45) is 3.91. The molecule has 106 valence electrons. The molecule has 0 aliphatic carbocycles. The van der Waals surface area contributed by atoms with Gasteiger partial charge in [0, 0.05) is 24.8 Å². The Balaban J connectivity index is 2.13. The fraction of sp³-hybridized carbons (Fsp3) is 0.533. The quantitative estimate of drug-likeness (QED) is 0.746. The SMILES string of the molecule is Cc1cn(C)c2nccc(B3OC(C)(C)C(C)(C)O3)c12. The van der Waals surface area contributed by atoms with Gasteiger partial charge in [-0.15, -0.1) is 0 Å². The second-order valence-corrected chi connectivity index (χ2v) is 6.61. The van der Waals surface area contributed by atoms with Crippen molar-refractivity contribution >= 4 is 23.6 Å². The van der Waals surface area contributed by atoms with E-state index < -0.39 is 0 Å². The van der Waals surface area contributed by atoms with E-state index in [2.05, 4.69) is 45.8 Å². The van der Waals surface area contributed by atoms with Crippen LogP contribution in [0, 0.1) is 6.92 Å². The summed E-state index contributed by atoms with van der Waals surface area (Å²) in [5, 5.41) is 1.13. The molecule has 0 atom stereocenters. The monoisotopic (exact) mass is 272 g/mol. The molecule has 0 unspecified atom stereocenters. The Morgan fingerprint density at radius 3 is 2.35 bits per heavy atom. The molecule has 1 saturated heterocycles. The zero-order chi connectivity index (χ0) is 14.7. The van der Waals surface area contributed by atoms with Gasteiger partial charge in [0.05, 0.1) is 11.2 Å². The van der Waals surface area contributed by atoms with Gasteiger partial charge >= 0.3 is 7.12 Å². The number of pyridine rings is 1. The number of rotatable bonds is 1. The first kappa shape index (κ1) is 13.6. The number of aromatic nitrogens is 2. The number of nitrogens with zero attached hydrogens (tertiary/aromatic N) is 2. The molecule has 4 nitrogen and oxygen atoms in total. The van der Waals surface area contributed by atoms with Crippen LogP contribution in [0.15, 0.2) is 18.5 Å². The van der Waals surface area contributed by atoms with E-state index in [1.54, 1.807) is 0 Å². The van der Waals surface area contributed by atoms with Crippen LogP contribution >= 0.6 is 0 Å². The molecule has 1 aliphatic rings.